The number of hydrogen-bond donors (Lipinski definition) is 0. The first kappa shape index (κ1) is 17.3. The maximum atomic E-state index is 14.1. The van der Waals surface area contributed by atoms with E-state index in [2.05, 4.69) is 5.10 Å². The van der Waals surface area contributed by atoms with E-state index in [1.54, 1.807) is 30.0 Å². The van der Waals surface area contributed by atoms with Crippen LogP contribution in [0.15, 0.2) is 35.1 Å². The maximum Gasteiger partial charge on any atom is 0.278 e. The zero-order chi connectivity index (χ0) is 18.1. The van der Waals surface area contributed by atoms with Crippen LogP contribution in [0.5, 0.6) is 0 Å². The number of carbonyl (C=O) groups is 1. The molecule has 2 heterocycles. The summed E-state index contributed by atoms with van der Waals surface area (Å²) in [6, 6.07) is 7.40. The first-order valence-corrected chi connectivity index (χ1v) is 8.17. The highest BCUT2D eigenvalue weighted by molar-refractivity contribution is 5.92. The lowest BCUT2D eigenvalue weighted by Gasteiger charge is -2.35. The van der Waals surface area contributed by atoms with Gasteiger partial charge in [0.2, 0.25) is 5.43 Å². The summed E-state index contributed by atoms with van der Waals surface area (Å²) in [7, 11) is 0. The van der Waals surface area contributed by atoms with Crippen molar-refractivity contribution in [3.05, 3.63) is 57.8 Å². The number of morpholine rings is 1. The van der Waals surface area contributed by atoms with Gasteiger partial charge in [-0.1, -0.05) is 12.1 Å². The molecule has 25 heavy (non-hydrogen) atoms. The number of rotatable bonds is 2. The van der Waals surface area contributed by atoms with Crippen molar-refractivity contribution in [1.82, 2.24) is 14.7 Å². The van der Waals surface area contributed by atoms with E-state index in [4.69, 9.17) is 4.74 Å². The molecule has 2 atom stereocenters. The minimum absolute atomic E-state index is 0.119. The zero-order valence-corrected chi connectivity index (χ0v) is 14.4. The molecule has 132 valence electrons. The molecule has 2 aromatic rings. The summed E-state index contributed by atoms with van der Waals surface area (Å²) < 4.78 is 21.0. The highest BCUT2D eigenvalue weighted by Gasteiger charge is 2.29. The van der Waals surface area contributed by atoms with Crippen LogP contribution in [0, 0.1) is 12.7 Å². The Morgan fingerprint density at radius 3 is 2.52 bits per heavy atom. The monoisotopic (exact) mass is 345 g/mol. The lowest BCUT2D eigenvalue weighted by atomic mass is 10.2. The number of nitrogens with zero attached hydrogens (tertiary/aromatic N) is 3. The third-order valence-electron chi connectivity index (χ3n) is 4.10. The van der Waals surface area contributed by atoms with Crippen LogP contribution in [0.3, 0.4) is 0 Å². The van der Waals surface area contributed by atoms with Gasteiger partial charge in [-0.2, -0.15) is 5.10 Å². The molecule has 0 saturated carbocycles. The highest BCUT2D eigenvalue weighted by atomic mass is 19.1. The molecule has 7 heteroatoms. The molecule has 1 fully saturated rings. The largest absolute Gasteiger partial charge is 0.372 e. The van der Waals surface area contributed by atoms with Crippen molar-refractivity contribution in [1.29, 1.82) is 0 Å². The average molecular weight is 345 g/mol. The zero-order valence-electron chi connectivity index (χ0n) is 14.4. The van der Waals surface area contributed by atoms with E-state index in [9.17, 15) is 14.0 Å². The molecule has 0 N–H and O–H groups in total. The Morgan fingerprint density at radius 1 is 1.24 bits per heavy atom. The fourth-order valence-corrected chi connectivity index (χ4v) is 3.06. The summed E-state index contributed by atoms with van der Waals surface area (Å²) in [5.41, 5.74) is -0.0369. The Bertz CT molecular complexity index is 855. The van der Waals surface area contributed by atoms with Crippen LogP contribution >= 0.6 is 0 Å². The van der Waals surface area contributed by atoms with Gasteiger partial charge in [0.1, 0.15) is 11.5 Å². The molecule has 2 unspecified atom stereocenters. The van der Waals surface area contributed by atoms with E-state index in [1.165, 1.54) is 16.8 Å². The van der Waals surface area contributed by atoms with E-state index < -0.39 is 17.2 Å². The number of aryl methyl sites for hydroxylation is 1. The van der Waals surface area contributed by atoms with Gasteiger partial charge in [-0.3, -0.25) is 9.59 Å². The van der Waals surface area contributed by atoms with Gasteiger partial charge in [0.05, 0.1) is 12.2 Å². The number of benzene rings is 1. The van der Waals surface area contributed by atoms with Gasteiger partial charge in [0, 0.05) is 24.8 Å². The molecule has 3 rings (SSSR count). The molecule has 6 nitrogen and oxygen atoms in total. The third-order valence-corrected chi connectivity index (χ3v) is 4.10. The van der Waals surface area contributed by atoms with Gasteiger partial charge in [0.15, 0.2) is 5.69 Å². The molecule has 1 amide bonds. The summed E-state index contributed by atoms with van der Waals surface area (Å²) in [6.45, 7) is 6.16. The van der Waals surface area contributed by atoms with Gasteiger partial charge in [-0.25, -0.2) is 9.07 Å². The molecule has 1 aromatic heterocycles. The molecular weight excluding hydrogens is 325 g/mol. The Kier molecular flexibility index (Phi) is 4.67. The van der Waals surface area contributed by atoms with Gasteiger partial charge >= 0.3 is 0 Å². The molecule has 0 aliphatic carbocycles. The van der Waals surface area contributed by atoms with Crippen LogP contribution in [0.25, 0.3) is 5.69 Å². The summed E-state index contributed by atoms with van der Waals surface area (Å²) in [5.74, 6) is -0.939. The van der Waals surface area contributed by atoms with Crippen molar-refractivity contribution in [2.45, 2.75) is 33.0 Å². The molecule has 1 aromatic carbocycles. The van der Waals surface area contributed by atoms with Crippen LogP contribution < -0.4 is 5.43 Å². The molecule has 0 radical (unpaired) electrons. The smallest absolute Gasteiger partial charge is 0.278 e. The van der Waals surface area contributed by atoms with Crippen molar-refractivity contribution < 1.29 is 13.9 Å². The first-order valence-electron chi connectivity index (χ1n) is 8.17. The minimum Gasteiger partial charge on any atom is -0.372 e. The SMILES string of the molecule is Cc1cc(=O)c(C(=O)N2CC(C)OC(C)C2)nn1-c1ccccc1F. The Hall–Kier alpha value is -2.54. The number of carbonyl (C=O) groups excluding carboxylic acids is 1. The standard InChI is InChI=1S/C18H20FN3O3/c1-11-8-16(23)17(18(24)21-9-12(2)25-13(3)10-21)20-22(11)15-7-5-4-6-14(15)19/h4-8,12-13H,9-10H2,1-3H3. The summed E-state index contributed by atoms with van der Waals surface area (Å²) in [4.78, 5) is 26.7. The Morgan fingerprint density at radius 2 is 1.88 bits per heavy atom. The number of hydrogen-bond acceptors (Lipinski definition) is 4. The van der Waals surface area contributed by atoms with E-state index in [0.717, 1.165) is 0 Å². The molecule has 1 aliphatic rings. The van der Waals surface area contributed by atoms with Crippen LogP contribution in [0.1, 0.15) is 30.0 Å². The van der Waals surface area contributed by atoms with Crippen LogP contribution in [-0.4, -0.2) is 45.9 Å². The topological polar surface area (TPSA) is 64.4 Å². The number of amides is 1. The highest BCUT2D eigenvalue weighted by Crippen LogP contribution is 2.15. The molecular formula is C18H20FN3O3. The van der Waals surface area contributed by atoms with Crippen molar-refractivity contribution >= 4 is 5.91 Å². The van der Waals surface area contributed by atoms with Crippen LogP contribution in [0.4, 0.5) is 4.39 Å². The van der Waals surface area contributed by atoms with Gasteiger partial charge in [0.25, 0.3) is 5.91 Å². The average Bonchev–Trinajstić information content (AvgIpc) is 2.54. The molecule has 1 saturated heterocycles. The molecule has 1 aliphatic heterocycles. The van der Waals surface area contributed by atoms with Crippen molar-refractivity contribution in [3.63, 3.8) is 0 Å². The Balaban J connectivity index is 2.02. The van der Waals surface area contributed by atoms with E-state index >= 15 is 0 Å². The summed E-state index contributed by atoms with van der Waals surface area (Å²) in [6.07, 6.45) is -0.237. The molecule has 0 spiro atoms. The van der Waals surface area contributed by atoms with Crippen molar-refractivity contribution in [3.8, 4) is 5.69 Å². The number of aromatic nitrogens is 2. The quantitative estimate of drug-likeness (QED) is 0.834. The summed E-state index contributed by atoms with van der Waals surface area (Å²) in [5, 5.41) is 4.16. The van der Waals surface area contributed by atoms with Crippen LogP contribution in [0.2, 0.25) is 0 Å². The summed E-state index contributed by atoms with van der Waals surface area (Å²) >= 11 is 0. The lowest BCUT2D eigenvalue weighted by molar-refractivity contribution is -0.0588. The normalized spacial score (nSPS) is 20.6. The predicted octanol–water partition coefficient (Wildman–Crippen LogP) is 1.93. The fraction of sp³-hybridized carbons (Fsp3) is 0.389. The minimum atomic E-state index is -0.478. The van der Waals surface area contributed by atoms with E-state index in [-0.39, 0.29) is 23.6 Å². The number of ether oxygens (including phenoxy) is 1. The lowest BCUT2D eigenvalue weighted by Crippen LogP contribution is -2.49. The number of halogens is 1. The van der Waals surface area contributed by atoms with E-state index in [1.807, 2.05) is 13.8 Å². The van der Waals surface area contributed by atoms with Crippen LogP contribution in [-0.2, 0) is 4.74 Å². The van der Waals surface area contributed by atoms with Crippen molar-refractivity contribution in [2.75, 3.05) is 13.1 Å². The number of para-hydroxylation sites is 1. The fourth-order valence-electron chi connectivity index (χ4n) is 3.06. The predicted molar refractivity (Wildman–Crippen MR) is 90.4 cm³/mol. The van der Waals surface area contributed by atoms with Crippen molar-refractivity contribution in [2.24, 2.45) is 0 Å². The second-order valence-corrected chi connectivity index (χ2v) is 6.33. The van der Waals surface area contributed by atoms with Gasteiger partial charge in [-0.15, -0.1) is 0 Å². The molecule has 0 bridgehead atoms. The second kappa shape index (κ2) is 6.76. The van der Waals surface area contributed by atoms with Gasteiger partial charge < -0.3 is 9.64 Å². The third kappa shape index (κ3) is 3.46. The Labute approximate surface area is 144 Å². The van der Waals surface area contributed by atoms with E-state index in [0.29, 0.717) is 18.8 Å². The maximum absolute atomic E-state index is 14.1. The first-order chi connectivity index (χ1) is 11.9. The van der Waals surface area contributed by atoms with Gasteiger partial charge in [-0.05, 0) is 32.9 Å². The second-order valence-electron chi connectivity index (χ2n) is 6.33.